The summed E-state index contributed by atoms with van der Waals surface area (Å²) in [6.45, 7) is 3.53. The van der Waals surface area contributed by atoms with Crippen LogP contribution < -0.4 is 0 Å². The van der Waals surface area contributed by atoms with E-state index in [4.69, 9.17) is 21.1 Å². The Morgan fingerprint density at radius 3 is 2.71 bits per heavy atom. The Bertz CT molecular complexity index is 785. The van der Waals surface area contributed by atoms with Gasteiger partial charge >= 0.3 is 5.97 Å². The number of ether oxygens (including phenoxy) is 2. The van der Waals surface area contributed by atoms with Crippen molar-refractivity contribution < 1.29 is 34.7 Å². The predicted molar refractivity (Wildman–Crippen MR) is 97.5 cm³/mol. The summed E-state index contributed by atoms with van der Waals surface area (Å²) in [5, 5.41) is 42.9. The van der Waals surface area contributed by atoms with Gasteiger partial charge in [0, 0.05) is 23.5 Å². The molecular formula is C20H27ClO7. The van der Waals surface area contributed by atoms with Crippen molar-refractivity contribution in [1.29, 1.82) is 0 Å². The minimum atomic E-state index is -1.87. The number of aliphatic hydroxyl groups excluding tert-OH is 2. The molecule has 0 radical (unpaired) electrons. The molecule has 1 spiro atoms. The molecule has 5 rings (SSSR count). The second-order valence-corrected chi connectivity index (χ2v) is 10.0. The summed E-state index contributed by atoms with van der Waals surface area (Å²) in [5.41, 5.74) is -3.48. The van der Waals surface area contributed by atoms with E-state index in [2.05, 4.69) is 0 Å². The molecule has 1 saturated heterocycles. The second-order valence-electron chi connectivity index (χ2n) is 9.56. The molecule has 28 heavy (non-hydrogen) atoms. The van der Waals surface area contributed by atoms with Crippen LogP contribution in [0.25, 0.3) is 0 Å². The Balaban J connectivity index is 1.61. The van der Waals surface area contributed by atoms with E-state index in [1.807, 2.05) is 6.92 Å². The monoisotopic (exact) mass is 414 g/mol. The van der Waals surface area contributed by atoms with E-state index < -0.39 is 45.7 Å². The van der Waals surface area contributed by atoms with Crippen LogP contribution in [0.4, 0.5) is 0 Å². The highest BCUT2D eigenvalue weighted by molar-refractivity contribution is 6.22. The van der Waals surface area contributed by atoms with Crippen molar-refractivity contribution in [3.05, 3.63) is 11.1 Å². The summed E-state index contributed by atoms with van der Waals surface area (Å²) in [7, 11) is 0. The number of fused-ring (bicyclic) bond motifs is 2. The maximum atomic E-state index is 12.0. The number of hydrogen-bond donors (Lipinski definition) is 4. The predicted octanol–water partition coefficient (Wildman–Crippen LogP) is 0.260. The van der Waals surface area contributed by atoms with Gasteiger partial charge in [0.15, 0.2) is 0 Å². The Morgan fingerprint density at radius 1 is 1.32 bits per heavy atom. The van der Waals surface area contributed by atoms with Gasteiger partial charge in [-0.3, -0.25) is 0 Å². The quantitative estimate of drug-likeness (QED) is 0.290. The third kappa shape index (κ3) is 1.79. The normalized spacial score (nSPS) is 55.6. The number of esters is 1. The van der Waals surface area contributed by atoms with Gasteiger partial charge in [-0.25, -0.2) is 4.79 Å². The molecule has 0 bridgehead atoms. The van der Waals surface area contributed by atoms with Crippen LogP contribution in [0.5, 0.6) is 0 Å². The number of alkyl halides is 1. The second kappa shape index (κ2) is 5.50. The van der Waals surface area contributed by atoms with E-state index in [-0.39, 0.29) is 31.5 Å². The van der Waals surface area contributed by atoms with Crippen molar-refractivity contribution in [1.82, 2.24) is 0 Å². The first-order valence-corrected chi connectivity index (χ1v) is 10.5. The lowest BCUT2D eigenvalue weighted by Gasteiger charge is -2.62. The summed E-state index contributed by atoms with van der Waals surface area (Å²) in [4.78, 5) is 12.0. The average molecular weight is 415 g/mol. The molecule has 2 aliphatic heterocycles. The Hall–Kier alpha value is -0.700. The Kier molecular flexibility index (Phi) is 3.79. The summed E-state index contributed by atoms with van der Waals surface area (Å²) in [6.07, 6.45) is -0.301. The molecule has 3 aliphatic carbocycles. The van der Waals surface area contributed by atoms with E-state index >= 15 is 0 Å². The highest BCUT2D eigenvalue weighted by Gasteiger charge is 2.88. The third-order valence-corrected chi connectivity index (χ3v) is 9.28. The maximum absolute atomic E-state index is 12.0. The van der Waals surface area contributed by atoms with E-state index in [9.17, 15) is 25.2 Å². The zero-order chi connectivity index (χ0) is 20.3. The zero-order valence-corrected chi connectivity index (χ0v) is 16.8. The Morgan fingerprint density at radius 2 is 2.04 bits per heavy atom. The third-order valence-electron chi connectivity index (χ3n) is 8.70. The fraction of sp³-hybridized carbons (Fsp3) is 0.850. The van der Waals surface area contributed by atoms with Gasteiger partial charge in [-0.05, 0) is 37.2 Å². The average Bonchev–Trinajstić information content (AvgIpc) is 3.35. The molecule has 0 aromatic rings. The van der Waals surface area contributed by atoms with Crippen molar-refractivity contribution >= 4 is 17.6 Å². The number of carbonyl (C=O) groups excluding carboxylic acids is 1. The van der Waals surface area contributed by atoms with Gasteiger partial charge in [0.1, 0.15) is 35.6 Å². The van der Waals surface area contributed by atoms with Crippen LogP contribution in [0.3, 0.4) is 0 Å². The van der Waals surface area contributed by atoms with E-state index in [1.54, 1.807) is 6.92 Å². The molecule has 8 heteroatoms. The first-order chi connectivity index (χ1) is 13.1. The first kappa shape index (κ1) is 19.3. The van der Waals surface area contributed by atoms with Crippen LogP contribution in [0.15, 0.2) is 11.1 Å². The maximum Gasteiger partial charge on any atom is 0.334 e. The zero-order valence-electron chi connectivity index (χ0n) is 16.0. The molecule has 2 heterocycles. The van der Waals surface area contributed by atoms with Crippen LogP contribution in [-0.4, -0.2) is 74.0 Å². The van der Waals surface area contributed by atoms with Crippen molar-refractivity contribution in [3.8, 4) is 0 Å². The number of carbonyl (C=O) groups is 1. The molecule has 7 nitrogen and oxygen atoms in total. The van der Waals surface area contributed by atoms with Crippen molar-refractivity contribution in [2.75, 3.05) is 13.2 Å². The molecule has 3 fully saturated rings. The van der Waals surface area contributed by atoms with Crippen LogP contribution in [0.2, 0.25) is 0 Å². The van der Waals surface area contributed by atoms with Crippen molar-refractivity contribution in [3.63, 3.8) is 0 Å². The molecule has 5 aliphatic rings. The molecule has 2 saturated carbocycles. The molecule has 1 unspecified atom stereocenters. The van der Waals surface area contributed by atoms with Gasteiger partial charge in [0.05, 0.1) is 5.38 Å². The van der Waals surface area contributed by atoms with Gasteiger partial charge in [-0.1, -0.05) is 13.8 Å². The molecular weight excluding hydrogens is 388 g/mol. The number of epoxide rings is 1. The lowest BCUT2D eigenvalue weighted by Crippen LogP contribution is -2.79. The molecule has 0 aromatic heterocycles. The van der Waals surface area contributed by atoms with Gasteiger partial charge in [0.2, 0.25) is 0 Å². The fourth-order valence-corrected chi connectivity index (χ4v) is 7.55. The van der Waals surface area contributed by atoms with Gasteiger partial charge in [0.25, 0.3) is 0 Å². The minimum absolute atomic E-state index is 0.00880. The van der Waals surface area contributed by atoms with E-state index in [0.29, 0.717) is 19.3 Å². The topological polar surface area (TPSA) is 120 Å². The highest BCUT2D eigenvalue weighted by atomic mass is 35.5. The fourth-order valence-electron chi connectivity index (χ4n) is 6.99. The van der Waals surface area contributed by atoms with Crippen LogP contribution in [0, 0.1) is 17.3 Å². The van der Waals surface area contributed by atoms with Gasteiger partial charge in [-0.2, -0.15) is 0 Å². The molecule has 0 aromatic carbocycles. The summed E-state index contributed by atoms with van der Waals surface area (Å²) >= 11 is 6.64. The number of cyclic esters (lactones) is 1. The van der Waals surface area contributed by atoms with Crippen molar-refractivity contribution in [2.24, 2.45) is 17.3 Å². The molecule has 9 atom stereocenters. The molecule has 156 valence electrons. The van der Waals surface area contributed by atoms with Crippen molar-refractivity contribution in [2.45, 2.75) is 73.9 Å². The number of rotatable bonds is 2. The molecule has 4 N–H and O–H groups in total. The first-order valence-electron chi connectivity index (χ1n) is 10.0. The van der Waals surface area contributed by atoms with Crippen LogP contribution >= 0.6 is 11.6 Å². The summed E-state index contributed by atoms with van der Waals surface area (Å²) in [6, 6.07) is 0. The lowest BCUT2D eigenvalue weighted by atomic mass is 9.44. The summed E-state index contributed by atoms with van der Waals surface area (Å²) < 4.78 is 11.4. The van der Waals surface area contributed by atoms with Crippen LogP contribution in [-0.2, 0) is 14.3 Å². The minimum Gasteiger partial charge on any atom is -0.458 e. The lowest BCUT2D eigenvalue weighted by molar-refractivity contribution is -0.262. The number of hydrogen-bond acceptors (Lipinski definition) is 7. The van der Waals surface area contributed by atoms with Gasteiger partial charge in [-0.15, -0.1) is 11.6 Å². The smallest absolute Gasteiger partial charge is 0.334 e. The van der Waals surface area contributed by atoms with Crippen LogP contribution in [0.1, 0.15) is 39.5 Å². The summed E-state index contributed by atoms with van der Waals surface area (Å²) in [5.74, 6) is -0.998. The van der Waals surface area contributed by atoms with E-state index in [0.717, 1.165) is 11.1 Å². The molecule has 0 amide bonds. The van der Waals surface area contributed by atoms with Gasteiger partial charge < -0.3 is 29.9 Å². The largest absolute Gasteiger partial charge is 0.458 e. The van der Waals surface area contributed by atoms with E-state index in [1.165, 1.54) is 0 Å². The highest BCUT2D eigenvalue weighted by Crippen LogP contribution is 2.74. The SMILES string of the molecule is CC(CO)[C@]1(O)[C@H](Cl)[C@H]2O[C@@]23[C@@]2(C)CCC4=C(COC4=O)[C@@H]2CC[C@@]3(O)[C@@H]1O. The standard InChI is InChI=1S/C20H27ClO7/c1-9(7-22)19(26)13(21)14-20(28-14)17(2)5-3-10-11(8-27-15(10)23)12(17)4-6-18(20,25)16(19)24/h9,12-14,16,22,24-26H,3-8H2,1-2H3/t9?,12-,13+,14+,16-,17-,18+,19-,20+/m0/s1. The number of halogens is 1. The number of aliphatic hydroxyl groups is 4. The Labute approximate surface area is 168 Å².